The molecule has 1 fully saturated rings. The zero-order chi connectivity index (χ0) is 18.2. The molecule has 25 heavy (non-hydrogen) atoms. The van der Waals surface area contributed by atoms with Crippen LogP contribution >= 0.6 is 0 Å². The van der Waals surface area contributed by atoms with Crippen molar-refractivity contribution in [3.8, 4) is 11.5 Å². The maximum absolute atomic E-state index is 9.38. The Morgan fingerprint density at radius 2 is 1.56 bits per heavy atom. The van der Waals surface area contributed by atoms with Gasteiger partial charge < -0.3 is 19.2 Å². The number of ether oxygens (including phenoxy) is 1. The van der Waals surface area contributed by atoms with E-state index in [1.807, 2.05) is 65.0 Å². The fraction of sp³-hybridized carbons (Fsp3) is 0.400. The van der Waals surface area contributed by atoms with Gasteiger partial charge in [0.1, 0.15) is 18.1 Å². The summed E-state index contributed by atoms with van der Waals surface area (Å²) in [6.45, 7) is 10.6. The van der Waals surface area contributed by atoms with Gasteiger partial charge in [0.2, 0.25) is 0 Å². The van der Waals surface area contributed by atoms with Crippen molar-refractivity contribution in [2.45, 2.75) is 52.4 Å². The number of aromatic hydroxyl groups is 1. The van der Waals surface area contributed by atoms with Crippen LogP contribution in [0, 0.1) is 6.92 Å². The molecule has 0 unspecified atom stereocenters. The quantitative estimate of drug-likeness (QED) is 0.865. The molecule has 0 spiro atoms. The monoisotopic (exact) mass is 340 g/mol. The zero-order valence-corrected chi connectivity index (χ0v) is 15.5. The molecule has 5 heteroatoms. The Bertz CT molecular complexity index is 737. The van der Waals surface area contributed by atoms with Gasteiger partial charge in [-0.1, -0.05) is 29.8 Å². The molecule has 1 aliphatic rings. The van der Waals surface area contributed by atoms with Crippen LogP contribution in [-0.2, 0) is 15.9 Å². The number of benzene rings is 2. The molecule has 0 radical (unpaired) electrons. The Morgan fingerprint density at radius 1 is 0.960 bits per heavy atom. The largest absolute Gasteiger partial charge is 0.508 e. The highest BCUT2D eigenvalue weighted by Crippen LogP contribution is 2.37. The van der Waals surface area contributed by atoms with Crippen molar-refractivity contribution in [1.82, 2.24) is 0 Å². The molecule has 2 aromatic carbocycles. The molecule has 1 N–H and O–H groups in total. The summed E-state index contributed by atoms with van der Waals surface area (Å²) in [5.41, 5.74) is 2.23. The van der Waals surface area contributed by atoms with Crippen molar-refractivity contribution in [3.63, 3.8) is 0 Å². The van der Waals surface area contributed by atoms with Crippen molar-refractivity contribution in [1.29, 1.82) is 0 Å². The van der Waals surface area contributed by atoms with Crippen molar-refractivity contribution in [2.24, 2.45) is 0 Å². The van der Waals surface area contributed by atoms with Crippen LogP contribution in [0.1, 0.15) is 38.8 Å². The van der Waals surface area contributed by atoms with Gasteiger partial charge in [0.05, 0.1) is 11.2 Å². The van der Waals surface area contributed by atoms with Crippen molar-refractivity contribution in [2.75, 3.05) is 0 Å². The van der Waals surface area contributed by atoms with Gasteiger partial charge in [0.15, 0.2) is 0 Å². The predicted molar refractivity (Wildman–Crippen MR) is 99.3 cm³/mol. The molecular formula is C20H25BO4. The van der Waals surface area contributed by atoms with E-state index in [0.29, 0.717) is 6.61 Å². The Kier molecular flexibility index (Phi) is 4.56. The summed E-state index contributed by atoms with van der Waals surface area (Å²) in [7, 11) is -0.459. The van der Waals surface area contributed by atoms with E-state index >= 15 is 0 Å². The lowest BCUT2D eigenvalue weighted by atomic mass is 9.77. The van der Waals surface area contributed by atoms with Crippen LogP contribution in [0.15, 0.2) is 42.5 Å². The van der Waals surface area contributed by atoms with Gasteiger partial charge in [-0.05, 0) is 58.4 Å². The number of rotatable bonds is 4. The third-order valence-corrected chi connectivity index (χ3v) is 5.00. The van der Waals surface area contributed by atoms with E-state index in [9.17, 15) is 5.11 Å². The van der Waals surface area contributed by atoms with Gasteiger partial charge in [-0.25, -0.2) is 0 Å². The summed E-state index contributed by atoms with van der Waals surface area (Å²) in [5, 5.41) is 9.38. The molecule has 1 aliphatic heterocycles. The summed E-state index contributed by atoms with van der Waals surface area (Å²) < 4.78 is 18.4. The van der Waals surface area contributed by atoms with Crippen LogP contribution in [0.25, 0.3) is 0 Å². The second kappa shape index (κ2) is 6.39. The van der Waals surface area contributed by atoms with Crippen LogP contribution in [0.5, 0.6) is 11.5 Å². The number of aryl methyl sites for hydroxylation is 1. The number of hydrogen-bond acceptors (Lipinski definition) is 4. The molecule has 1 saturated heterocycles. The molecule has 4 nitrogen and oxygen atoms in total. The second-order valence-corrected chi connectivity index (χ2v) is 7.58. The lowest BCUT2D eigenvalue weighted by Gasteiger charge is -2.32. The lowest BCUT2D eigenvalue weighted by molar-refractivity contribution is 0.00578. The third-order valence-electron chi connectivity index (χ3n) is 5.00. The molecule has 0 bridgehead atoms. The molecule has 1 heterocycles. The molecule has 132 valence electrons. The van der Waals surface area contributed by atoms with E-state index in [0.717, 1.165) is 22.3 Å². The van der Waals surface area contributed by atoms with Crippen LogP contribution in [0.2, 0.25) is 0 Å². The van der Waals surface area contributed by atoms with Gasteiger partial charge in [-0.2, -0.15) is 0 Å². The van der Waals surface area contributed by atoms with Crippen molar-refractivity contribution in [3.05, 3.63) is 53.6 Å². The molecule has 0 atom stereocenters. The van der Waals surface area contributed by atoms with E-state index in [4.69, 9.17) is 14.0 Å². The zero-order valence-electron chi connectivity index (χ0n) is 15.5. The van der Waals surface area contributed by atoms with Crippen LogP contribution in [0.4, 0.5) is 0 Å². The fourth-order valence-corrected chi connectivity index (χ4v) is 2.71. The maximum atomic E-state index is 9.38. The molecule has 0 amide bonds. The number of phenolic OH excluding ortho intramolecular Hbond substituents is 1. The van der Waals surface area contributed by atoms with Gasteiger partial charge in [0, 0.05) is 5.46 Å². The van der Waals surface area contributed by atoms with Gasteiger partial charge >= 0.3 is 7.12 Å². The summed E-state index contributed by atoms with van der Waals surface area (Å²) in [6, 6.07) is 13.0. The summed E-state index contributed by atoms with van der Waals surface area (Å²) in [6.07, 6.45) is 0. The summed E-state index contributed by atoms with van der Waals surface area (Å²) in [4.78, 5) is 0. The maximum Gasteiger partial charge on any atom is 0.498 e. The average Bonchev–Trinajstić information content (AvgIpc) is 2.75. The Hall–Kier alpha value is -1.98. The Balaban J connectivity index is 1.83. The topological polar surface area (TPSA) is 47.9 Å². The molecule has 0 aromatic heterocycles. The Morgan fingerprint density at radius 3 is 2.16 bits per heavy atom. The standard InChI is InChI=1S/C20H25BO4/c1-14-6-11-18(23-13-15-7-9-16(22)10-8-15)17(12-14)21-24-19(2,3)20(4,5)25-21/h6-12,22H,13H2,1-5H3. The molecule has 3 rings (SSSR count). The van der Waals surface area contributed by atoms with Crippen LogP contribution in [-0.4, -0.2) is 23.4 Å². The first-order valence-electron chi connectivity index (χ1n) is 8.55. The minimum absolute atomic E-state index is 0.247. The first-order valence-corrected chi connectivity index (χ1v) is 8.55. The van der Waals surface area contributed by atoms with E-state index in [2.05, 4.69) is 0 Å². The minimum atomic E-state index is -0.459. The molecule has 2 aromatic rings. The van der Waals surface area contributed by atoms with Crippen LogP contribution in [0.3, 0.4) is 0 Å². The van der Waals surface area contributed by atoms with Gasteiger partial charge in [-0.3, -0.25) is 0 Å². The Labute approximate surface area is 149 Å². The summed E-state index contributed by atoms with van der Waals surface area (Å²) in [5.74, 6) is 0.995. The number of phenols is 1. The first kappa shape index (κ1) is 17.8. The predicted octanol–water partition coefficient (Wildman–Crippen LogP) is 3.58. The SMILES string of the molecule is Cc1ccc(OCc2ccc(O)cc2)c(B2OC(C)(C)C(C)(C)O2)c1. The van der Waals surface area contributed by atoms with E-state index < -0.39 is 18.3 Å². The smallest absolute Gasteiger partial charge is 0.498 e. The van der Waals surface area contributed by atoms with Crippen molar-refractivity contribution < 1.29 is 19.2 Å². The molecule has 0 saturated carbocycles. The third kappa shape index (κ3) is 3.67. The highest BCUT2D eigenvalue weighted by Gasteiger charge is 2.52. The van der Waals surface area contributed by atoms with Crippen molar-refractivity contribution >= 4 is 12.6 Å². The highest BCUT2D eigenvalue weighted by molar-refractivity contribution is 6.63. The van der Waals surface area contributed by atoms with E-state index in [1.165, 1.54) is 0 Å². The van der Waals surface area contributed by atoms with Crippen LogP contribution < -0.4 is 10.2 Å². The van der Waals surface area contributed by atoms with E-state index in [1.54, 1.807) is 12.1 Å². The van der Waals surface area contributed by atoms with Gasteiger partial charge in [0.25, 0.3) is 0 Å². The molecular weight excluding hydrogens is 315 g/mol. The van der Waals surface area contributed by atoms with Gasteiger partial charge in [-0.15, -0.1) is 0 Å². The lowest BCUT2D eigenvalue weighted by Crippen LogP contribution is -2.41. The summed E-state index contributed by atoms with van der Waals surface area (Å²) >= 11 is 0. The normalized spacial score (nSPS) is 18.4. The number of hydrogen-bond donors (Lipinski definition) is 1. The average molecular weight is 340 g/mol. The fourth-order valence-electron chi connectivity index (χ4n) is 2.71. The highest BCUT2D eigenvalue weighted by atomic mass is 16.7. The first-order chi connectivity index (χ1) is 11.7. The minimum Gasteiger partial charge on any atom is -0.508 e. The second-order valence-electron chi connectivity index (χ2n) is 7.58. The molecule has 0 aliphatic carbocycles. The van der Waals surface area contributed by atoms with E-state index in [-0.39, 0.29) is 5.75 Å².